The van der Waals surface area contributed by atoms with Gasteiger partial charge in [-0.15, -0.1) is 0 Å². The molecule has 1 fully saturated rings. The Morgan fingerprint density at radius 1 is 1.09 bits per heavy atom. The maximum Gasteiger partial charge on any atom is 0.311 e. The van der Waals surface area contributed by atoms with Crippen LogP contribution in [0.5, 0.6) is 0 Å². The highest BCUT2D eigenvalue weighted by molar-refractivity contribution is 7.19. The predicted octanol–water partition coefficient (Wildman–Crippen LogP) is 4.61. The van der Waals surface area contributed by atoms with Crippen LogP contribution in [-0.4, -0.2) is 44.1 Å². The highest BCUT2D eigenvalue weighted by atomic mass is 32.1. The standard InChI is InChI=1S/C23H21N5O3S/c1-23(21(29)30)7-2-8-28(12-23)22-27-19(20(32-22)17-9-24-13-25-10-17)16-5-3-15(4-6-16)18-11-26-14-31-18/h3-6,9-11,13-14H,2,7-8,12H2,1H3,(H,29,30). The number of nitrogens with zero attached hydrogens (tertiary/aromatic N) is 5. The molecule has 0 bridgehead atoms. The summed E-state index contributed by atoms with van der Waals surface area (Å²) in [6.07, 6.45) is 9.61. The maximum atomic E-state index is 11.8. The normalized spacial score (nSPS) is 18.6. The molecule has 4 heterocycles. The number of carboxylic acids is 1. The van der Waals surface area contributed by atoms with Crippen LogP contribution in [0.3, 0.4) is 0 Å². The van der Waals surface area contributed by atoms with Crippen LogP contribution in [0, 0.1) is 5.41 Å². The Morgan fingerprint density at radius 2 is 1.84 bits per heavy atom. The number of rotatable bonds is 5. The molecular formula is C23H21N5O3S. The second-order valence-corrected chi connectivity index (χ2v) is 9.11. The van der Waals surface area contributed by atoms with Gasteiger partial charge >= 0.3 is 5.97 Å². The average Bonchev–Trinajstić information content (AvgIpc) is 3.50. The second kappa shape index (κ2) is 8.16. The van der Waals surface area contributed by atoms with Gasteiger partial charge in [0, 0.05) is 42.2 Å². The Labute approximate surface area is 188 Å². The number of aliphatic carboxylic acids is 1. The van der Waals surface area contributed by atoms with Gasteiger partial charge < -0.3 is 14.4 Å². The smallest absolute Gasteiger partial charge is 0.311 e. The van der Waals surface area contributed by atoms with Gasteiger partial charge in [0.15, 0.2) is 17.3 Å². The van der Waals surface area contributed by atoms with Crippen molar-refractivity contribution < 1.29 is 14.3 Å². The van der Waals surface area contributed by atoms with Gasteiger partial charge in [0.05, 0.1) is 22.2 Å². The molecule has 162 valence electrons. The van der Waals surface area contributed by atoms with Crippen LogP contribution in [0.4, 0.5) is 5.13 Å². The van der Waals surface area contributed by atoms with E-state index in [9.17, 15) is 9.90 Å². The van der Waals surface area contributed by atoms with E-state index in [1.807, 2.05) is 31.2 Å². The molecule has 5 rings (SSSR count). The quantitative estimate of drug-likeness (QED) is 0.473. The fraction of sp³-hybridized carbons (Fsp3) is 0.261. The molecule has 1 aliphatic rings. The van der Waals surface area contributed by atoms with Crippen LogP contribution in [-0.2, 0) is 4.79 Å². The first-order valence-electron chi connectivity index (χ1n) is 10.3. The number of hydrogen-bond donors (Lipinski definition) is 1. The number of hydrogen-bond acceptors (Lipinski definition) is 8. The molecule has 8 nitrogen and oxygen atoms in total. The molecule has 0 saturated carbocycles. The summed E-state index contributed by atoms with van der Waals surface area (Å²) in [5, 5.41) is 10.5. The van der Waals surface area contributed by atoms with Gasteiger partial charge in [-0.25, -0.2) is 19.9 Å². The number of carboxylic acid groups (broad SMARTS) is 1. The molecule has 1 aliphatic heterocycles. The molecule has 1 atom stereocenters. The summed E-state index contributed by atoms with van der Waals surface area (Å²) in [5.41, 5.74) is 2.81. The van der Waals surface area contributed by atoms with E-state index in [0.29, 0.717) is 18.7 Å². The number of oxazole rings is 1. The molecule has 1 unspecified atom stereocenters. The maximum absolute atomic E-state index is 11.8. The van der Waals surface area contributed by atoms with Crippen LogP contribution in [0.1, 0.15) is 19.8 Å². The van der Waals surface area contributed by atoms with Crippen LogP contribution >= 0.6 is 11.3 Å². The zero-order chi connectivity index (χ0) is 22.1. The molecule has 0 radical (unpaired) electrons. The molecule has 0 spiro atoms. The van der Waals surface area contributed by atoms with E-state index in [1.54, 1.807) is 29.9 Å². The van der Waals surface area contributed by atoms with Gasteiger partial charge in [-0.3, -0.25) is 4.79 Å². The van der Waals surface area contributed by atoms with Crippen molar-refractivity contribution in [2.24, 2.45) is 5.41 Å². The van der Waals surface area contributed by atoms with E-state index in [2.05, 4.69) is 19.9 Å². The summed E-state index contributed by atoms with van der Waals surface area (Å²) < 4.78 is 5.38. The number of benzene rings is 1. The fourth-order valence-electron chi connectivity index (χ4n) is 3.98. The minimum atomic E-state index is -0.779. The number of thiazole rings is 1. The van der Waals surface area contributed by atoms with E-state index >= 15 is 0 Å². The first-order chi connectivity index (χ1) is 15.5. The summed E-state index contributed by atoms with van der Waals surface area (Å²) in [7, 11) is 0. The van der Waals surface area contributed by atoms with Crippen molar-refractivity contribution in [2.75, 3.05) is 18.0 Å². The van der Waals surface area contributed by atoms with Gasteiger partial charge in [-0.05, 0) is 19.8 Å². The van der Waals surface area contributed by atoms with Crippen LogP contribution in [0.2, 0.25) is 0 Å². The molecular weight excluding hydrogens is 426 g/mol. The number of aromatic nitrogens is 4. The number of piperidine rings is 1. The summed E-state index contributed by atoms with van der Waals surface area (Å²) in [4.78, 5) is 32.1. The van der Waals surface area contributed by atoms with Crippen molar-refractivity contribution in [2.45, 2.75) is 19.8 Å². The molecule has 0 aliphatic carbocycles. The van der Waals surface area contributed by atoms with Crippen LogP contribution in [0.15, 0.2) is 60.0 Å². The van der Waals surface area contributed by atoms with E-state index in [4.69, 9.17) is 9.40 Å². The van der Waals surface area contributed by atoms with Crippen molar-refractivity contribution >= 4 is 22.4 Å². The molecule has 0 amide bonds. The van der Waals surface area contributed by atoms with Crippen LogP contribution in [0.25, 0.3) is 33.0 Å². The van der Waals surface area contributed by atoms with Gasteiger partial charge in [-0.1, -0.05) is 35.6 Å². The van der Waals surface area contributed by atoms with Gasteiger partial charge in [0.1, 0.15) is 6.33 Å². The fourth-order valence-corrected chi connectivity index (χ4v) is 5.07. The summed E-state index contributed by atoms with van der Waals surface area (Å²) in [6, 6.07) is 7.95. The van der Waals surface area contributed by atoms with Crippen molar-refractivity contribution in [1.82, 2.24) is 19.9 Å². The van der Waals surface area contributed by atoms with Gasteiger partial charge in [-0.2, -0.15) is 0 Å². The van der Waals surface area contributed by atoms with Crippen molar-refractivity contribution in [3.63, 3.8) is 0 Å². The average molecular weight is 448 g/mol. The molecule has 3 aromatic heterocycles. The SMILES string of the molecule is CC1(C(=O)O)CCCN(c2nc(-c3ccc(-c4cnco4)cc3)c(-c3cncnc3)s2)C1. The Balaban J connectivity index is 1.54. The number of anilines is 1. The van der Waals surface area contributed by atoms with E-state index in [1.165, 1.54) is 12.7 Å². The monoisotopic (exact) mass is 447 g/mol. The molecule has 1 N–H and O–H groups in total. The van der Waals surface area contributed by atoms with E-state index in [-0.39, 0.29) is 0 Å². The van der Waals surface area contributed by atoms with Crippen molar-refractivity contribution in [3.8, 4) is 33.0 Å². The summed E-state index contributed by atoms with van der Waals surface area (Å²) >= 11 is 1.54. The highest BCUT2D eigenvalue weighted by Crippen LogP contribution is 2.42. The largest absolute Gasteiger partial charge is 0.481 e. The van der Waals surface area contributed by atoms with E-state index in [0.717, 1.165) is 45.4 Å². The zero-order valence-corrected chi connectivity index (χ0v) is 18.2. The lowest BCUT2D eigenvalue weighted by molar-refractivity contribution is -0.148. The van der Waals surface area contributed by atoms with Gasteiger partial charge in [0.25, 0.3) is 0 Å². The minimum absolute atomic E-state index is 0.435. The lowest BCUT2D eigenvalue weighted by Crippen LogP contribution is -2.46. The number of carbonyl (C=O) groups is 1. The second-order valence-electron chi connectivity index (χ2n) is 8.14. The summed E-state index contributed by atoms with van der Waals surface area (Å²) in [5.74, 6) is -0.0628. The zero-order valence-electron chi connectivity index (χ0n) is 17.4. The minimum Gasteiger partial charge on any atom is -0.481 e. The molecule has 1 saturated heterocycles. The lowest BCUT2D eigenvalue weighted by Gasteiger charge is -2.37. The van der Waals surface area contributed by atoms with Crippen molar-refractivity contribution in [3.05, 3.63) is 55.6 Å². The Hall–Kier alpha value is -3.59. The molecule has 9 heteroatoms. The predicted molar refractivity (Wildman–Crippen MR) is 121 cm³/mol. The topological polar surface area (TPSA) is 105 Å². The molecule has 32 heavy (non-hydrogen) atoms. The Kier molecular flexibility index (Phi) is 5.18. The van der Waals surface area contributed by atoms with E-state index < -0.39 is 11.4 Å². The first kappa shape index (κ1) is 20.3. The van der Waals surface area contributed by atoms with Crippen LogP contribution < -0.4 is 4.90 Å². The van der Waals surface area contributed by atoms with Gasteiger partial charge in [0.2, 0.25) is 0 Å². The lowest BCUT2D eigenvalue weighted by atomic mass is 9.82. The highest BCUT2D eigenvalue weighted by Gasteiger charge is 2.39. The third-order valence-corrected chi connectivity index (χ3v) is 6.96. The third-order valence-electron chi connectivity index (χ3n) is 5.80. The Bertz CT molecular complexity index is 1220. The van der Waals surface area contributed by atoms with Crippen molar-refractivity contribution in [1.29, 1.82) is 0 Å². The molecule has 4 aromatic rings. The first-order valence-corrected chi connectivity index (χ1v) is 11.1. The Morgan fingerprint density at radius 3 is 2.53 bits per heavy atom. The summed E-state index contributed by atoms with van der Waals surface area (Å²) in [6.45, 7) is 3.03. The molecule has 1 aromatic carbocycles. The third kappa shape index (κ3) is 3.75.